The second kappa shape index (κ2) is 12.2. The lowest BCUT2D eigenvalue weighted by atomic mass is 9.81. The molecule has 0 aliphatic rings. The van der Waals surface area contributed by atoms with E-state index < -0.39 is 0 Å². The fraction of sp³-hybridized carbons (Fsp3) is 0. The maximum Gasteiger partial charge on any atom is 0.0886 e. The summed E-state index contributed by atoms with van der Waals surface area (Å²) in [5, 5.41) is 15.0. The van der Waals surface area contributed by atoms with E-state index >= 15 is 0 Å². The summed E-state index contributed by atoms with van der Waals surface area (Å²) in [6.07, 6.45) is 3.79. The first kappa shape index (κ1) is 30.5. The first-order chi connectivity index (χ1) is 26.8. The molecular weight excluding hydrogens is 653 g/mol. The van der Waals surface area contributed by atoms with Crippen LogP contribution in [0.2, 0.25) is 0 Å². The maximum absolute atomic E-state index is 4.88. The van der Waals surface area contributed by atoms with E-state index in [-0.39, 0.29) is 0 Å². The van der Waals surface area contributed by atoms with Crippen LogP contribution >= 0.6 is 0 Å². The molecule has 0 aliphatic heterocycles. The number of benzene rings is 9. The summed E-state index contributed by atoms with van der Waals surface area (Å²) in [6, 6.07) is 66.3. The minimum atomic E-state index is 0.861. The van der Waals surface area contributed by atoms with Crippen LogP contribution in [-0.2, 0) is 0 Å². The Balaban J connectivity index is 1.28. The standard InChI is InChI=1S/C52H32N2/c1-3-15-37-34(13-1)30-46(41-19-7-5-17-39(37)41)51-43-21-9-10-22-44(43)52(47-31-35-14-2-4-16-38(35)40-18-6-8-20-42(40)47)48-29-33(24-26-45(48)51)36-25-27-50(54-32-36)49-23-11-12-28-53-49/h1-32H. The Morgan fingerprint density at radius 1 is 0.278 bits per heavy atom. The predicted molar refractivity (Wildman–Crippen MR) is 229 cm³/mol. The van der Waals surface area contributed by atoms with Crippen molar-refractivity contribution in [2.75, 3.05) is 0 Å². The van der Waals surface area contributed by atoms with Crippen molar-refractivity contribution in [3.8, 4) is 44.8 Å². The van der Waals surface area contributed by atoms with Gasteiger partial charge in [0, 0.05) is 18.0 Å². The van der Waals surface area contributed by atoms with Crippen molar-refractivity contribution in [1.82, 2.24) is 9.97 Å². The Kier molecular flexibility index (Phi) is 6.90. The number of nitrogens with zero attached hydrogens (tertiary/aromatic N) is 2. The third-order valence-electron chi connectivity index (χ3n) is 11.1. The maximum atomic E-state index is 4.88. The number of rotatable bonds is 4. The van der Waals surface area contributed by atoms with Crippen LogP contribution in [0.5, 0.6) is 0 Å². The molecule has 0 aliphatic carbocycles. The van der Waals surface area contributed by atoms with Crippen LogP contribution < -0.4 is 0 Å². The van der Waals surface area contributed by atoms with Gasteiger partial charge in [0.05, 0.1) is 11.4 Å². The fourth-order valence-electron chi connectivity index (χ4n) is 8.69. The number of aromatic nitrogens is 2. The fourth-order valence-corrected chi connectivity index (χ4v) is 8.69. The van der Waals surface area contributed by atoms with E-state index in [9.17, 15) is 0 Å². The summed E-state index contributed by atoms with van der Waals surface area (Å²) in [5.74, 6) is 0. The third kappa shape index (κ3) is 4.74. The molecule has 0 unspecified atom stereocenters. The second-order valence-corrected chi connectivity index (χ2v) is 14.1. The van der Waals surface area contributed by atoms with Crippen molar-refractivity contribution in [1.29, 1.82) is 0 Å². The van der Waals surface area contributed by atoms with Gasteiger partial charge in [-0.15, -0.1) is 0 Å². The monoisotopic (exact) mass is 684 g/mol. The van der Waals surface area contributed by atoms with Gasteiger partial charge in [0.15, 0.2) is 0 Å². The largest absolute Gasteiger partial charge is 0.255 e. The molecule has 0 saturated carbocycles. The topological polar surface area (TPSA) is 25.8 Å². The van der Waals surface area contributed by atoms with E-state index in [0.29, 0.717) is 0 Å². The van der Waals surface area contributed by atoms with Crippen molar-refractivity contribution in [2.24, 2.45) is 0 Å². The molecule has 0 atom stereocenters. The number of hydrogen-bond acceptors (Lipinski definition) is 2. The highest BCUT2D eigenvalue weighted by Gasteiger charge is 2.21. The molecule has 11 aromatic rings. The summed E-state index contributed by atoms with van der Waals surface area (Å²) in [4.78, 5) is 9.41. The van der Waals surface area contributed by atoms with Gasteiger partial charge in [-0.3, -0.25) is 9.97 Å². The van der Waals surface area contributed by atoms with E-state index in [4.69, 9.17) is 4.98 Å². The molecule has 2 heteroatoms. The van der Waals surface area contributed by atoms with Crippen LogP contribution in [0, 0.1) is 0 Å². The molecule has 0 bridgehead atoms. The van der Waals surface area contributed by atoms with Gasteiger partial charge in [-0.25, -0.2) is 0 Å². The molecule has 2 aromatic heterocycles. The Morgan fingerprint density at radius 2 is 0.741 bits per heavy atom. The molecule has 2 heterocycles. The minimum absolute atomic E-state index is 0.861. The lowest BCUT2D eigenvalue weighted by molar-refractivity contribution is 1.25. The summed E-state index contributed by atoms with van der Waals surface area (Å²) in [7, 11) is 0. The van der Waals surface area contributed by atoms with Gasteiger partial charge in [-0.1, -0.05) is 146 Å². The average molecular weight is 685 g/mol. The Bertz CT molecular complexity index is 3250. The number of hydrogen-bond donors (Lipinski definition) is 0. The molecule has 250 valence electrons. The lowest BCUT2D eigenvalue weighted by Crippen LogP contribution is -1.94. The van der Waals surface area contributed by atoms with Crippen LogP contribution in [0.25, 0.3) is 109 Å². The molecule has 2 nitrogen and oxygen atoms in total. The van der Waals surface area contributed by atoms with Crippen LogP contribution in [-0.4, -0.2) is 9.97 Å². The van der Waals surface area contributed by atoms with E-state index in [1.54, 1.807) is 0 Å². The molecule has 0 spiro atoms. The number of pyridine rings is 2. The first-order valence-electron chi connectivity index (χ1n) is 18.5. The Morgan fingerprint density at radius 3 is 1.30 bits per heavy atom. The SMILES string of the molecule is c1ccc(-c2ccc(-c3ccc4c(-c5cc6ccccc6c6ccccc56)c5ccccc5c(-c5cc6ccccc6c6ccccc56)c4c3)cn2)nc1. The lowest BCUT2D eigenvalue weighted by Gasteiger charge is -2.21. The van der Waals surface area contributed by atoms with E-state index in [0.717, 1.165) is 22.5 Å². The molecule has 0 radical (unpaired) electrons. The van der Waals surface area contributed by atoms with Gasteiger partial charge in [0.2, 0.25) is 0 Å². The van der Waals surface area contributed by atoms with Crippen LogP contribution in [0.4, 0.5) is 0 Å². The van der Waals surface area contributed by atoms with Crippen molar-refractivity contribution in [2.45, 2.75) is 0 Å². The number of fused-ring (bicyclic) bond motifs is 8. The highest BCUT2D eigenvalue weighted by molar-refractivity contribution is 6.28. The molecule has 9 aromatic carbocycles. The van der Waals surface area contributed by atoms with Gasteiger partial charge in [-0.2, -0.15) is 0 Å². The van der Waals surface area contributed by atoms with Crippen molar-refractivity contribution >= 4 is 64.6 Å². The summed E-state index contributed by atoms with van der Waals surface area (Å²) >= 11 is 0. The summed E-state index contributed by atoms with van der Waals surface area (Å²) < 4.78 is 0. The second-order valence-electron chi connectivity index (χ2n) is 14.1. The van der Waals surface area contributed by atoms with E-state index in [1.807, 2.05) is 30.6 Å². The normalized spacial score (nSPS) is 11.7. The third-order valence-corrected chi connectivity index (χ3v) is 11.1. The molecular formula is C52H32N2. The van der Waals surface area contributed by atoms with Crippen molar-refractivity contribution in [3.63, 3.8) is 0 Å². The Hall–Kier alpha value is -7.16. The van der Waals surface area contributed by atoms with Crippen molar-refractivity contribution in [3.05, 3.63) is 194 Å². The van der Waals surface area contributed by atoms with Gasteiger partial charge in [0.1, 0.15) is 0 Å². The van der Waals surface area contributed by atoms with Crippen LogP contribution in [0.15, 0.2) is 194 Å². The van der Waals surface area contributed by atoms with Crippen molar-refractivity contribution < 1.29 is 0 Å². The minimum Gasteiger partial charge on any atom is -0.255 e. The zero-order valence-corrected chi connectivity index (χ0v) is 29.4. The zero-order chi connectivity index (χ0) is 35.6. The summed E-state index contributed by atoms with van der Waals surface area (Å²) in [5.41, 5.74) is 8.90. The molecule has 0 fully saturated rings. The average Bonchev–Trinajstić information content (AvgIpc) is 3.25. The predicted octanol–water partition coefficient (Wildman–Crippen LogP) is 14.1. The highest BCUT2D eigenvalue weighted by atomic mass is 14.8. The molecule has 54 heavy (non-hydrogen) atoms. The van der Waals surface area contributed by atoms with Gasteiger partial charge >= 0.3 is 0 Å². The highest BCUT2D eigenvalue weighted by Crippen LogP contribution is 2.49. The Labute approximate surface area is 312 Å². The van der Waals surface area contributed by atoms with E-state index in [1.165, 1.54) is 86.9 Å². The molecule has 0 saturated heterocycles. The van der Waals surface area contributed by atoms with E-state index in [2.05, 4.69) is 169 Å². The summed E-state index contributed by atoms with van der Waals surface area (Å²) in [6.45, 7) is 0. The van der Waals surface area contributed by atoms with Gasteiger partial charge in [0.25, 0.3) is 0 Å². The van der Waals surface area contributed by atoms with Crippen LogP contribution in [0.3, 0.4) is 0 Å². The molecule has 11 rings (SSSR count). The molecule has 0 N–H and O–H groups in total. The van der Waals surface area contributed by atoms with Crippen LogP contribution in [0.1, 0.15) is 0 Å². The zero-order valence-electron chi connectivity index (χ0n) is 29.4. The smallest absolute Gasteiger partial charge is 0.0886 e. The quantitative estimate of drug-likeness (QED) is 0.136. The van der Waals surface area contributed by atoms with Gasteiger partial charge in [-0.05, 0) is 129 Å². The van der Waals surface area contributed by atoms with Gasteiger partial charge < -0.3 is 0 Å². The first-order valence-corrected chi connectivity index (χ1v) is 18.5. The molecule has 0 amide bonds.